The number of rotatable bonds is 3. The van der Waals surface area contributed by atoms with Crippen molar-refractivity contribution in [3.8, 4) is 11.6 Å². The molecule has 1 aliphatic rings. The number of aromatic nitrogens is 2. The van der Waals surface area contributed by atoms with Crippen LogP contribution in [-0.4, -0.2) is 15.9 Å². The zero-order valence-electron chi connectivity index (χ0n) is 13.3. The van der Waals surface area contributed by atoms with E-state index in [0.29, 0.717) is 17.3 Å². The van der Waals surface area contributed by atoms with Gasteiger partial charge in [-0.1, -0.05) is 6.07 Å². The Kier molecular flexibility index (Phi) is 3.90. The Morgan fingerprint density at radius 3 is 3.00 bits per heavy atom. The third kappa shape index (κ3) is 2.85. The van der Waals surface area contributed by atoms with Crippen LogP contribution in [0.15, 0.2) is 30.6 Å². The van der Waals surface area contributed by atoms with Crippen molar-refractivity contribution in [1.82, 2.24) is 9.97 Å². The Bertz CT molecular complexity index is 920. The lowest BCUT2D eigenvalue weighted by atomic mass is 9.97. The fourth-order valence-electron chi connectivity index (χ4n) is 3.09. The maximum absolute atomic E-state index is 11.2. The Hall–Kier alpha value is -2.47. The molecule has 6 heteroatoms. The van der Waals surface area contributed by atoms with Crippen LogP contribution in [0.1, 0.15) is 30.2 Å². The van der Waals surface area contributed by atoms with Gasteiger partial charge in [-0.3, -0.25) is 4.79 Å². The molecule has 1 aliphatic carbocycles. The number of nitrogens with zero attached hydrogens (tertiary/aromatic N) is 2. The van der Waals surface area contributed by atoms with Crippen LogP contribution in [0, 0.1) is 0 Å². The third-order valence-electron chi connectivity index (χ3n) is 4.09. The van der Waals surface area contributed by atoms with Crippen molar-refractivity contribution in [3.63, 3.8) is 0 Å². The van der Waals surface area contributed by atoms with E-state index in [1.54, 1.807) is 23.7 Å². The summed E-state index contributed by atoms with van der Waals surface area (Å²) in [5.74, 6) is 1.14. The highest BCUT2D eigenvalue weighted by molar-refractivity contribution is 7.18. The Labute approximate surface area is 143 Å². The van der Waals surface area contributed by atoms with Gasteiger partial charge in [-0.15, -0.1) is 11.3 Å². The minimum Gasteiger partial charge on any atom is -0.438 e. The number of ether oxygens (including phenoxy) is 1. The normalized spacial score (nSPS) is 13.5. The van der Waals surface area contributed by atoms with E-state index < -0.39 is 0 Å². The fourth-order valence-corrected chi connectivity index (χ4v) is 4.31. The Balaban J connectivity index is 1.72. The summed E-state index contributed by atoms with van der Waals surface area (Å²) in [6.07, 6.45) is 6.17. The fraction of sp³-hybridized carbons (Fsp3) is 0.278. The summed E-state index contributed by atoms with van der Waals surface area (Å²) in [7, 11) is 0. The van der Waals surface area contributed by atoms with Gasteiger partial charge in [-0.25, -0.2) is 9.97 Å². The predicted octanol–water partition coefficient (Wildman–Crippen LogP) is 4.32. The molecular formula is C18H17N3O2S. The van der Waals surface area contributed by atoms with Crippen molar-refractivity contribution in [1.29, 1.82) is 0 Å². The van der Waals surface area contributed by atoms with Crippen molar-refractivity contribution in [3.05, 3.63) is 41.0 Å². The van der Waals surface area contributed by atoms with Gasteiger partial charge in [0.1, 0.15) is 16.9 Å². The van der Waals surface area contributed by atoms with Gasteiger partial charge >= 0.3 is 0 Å². The molecule has 0 saturated heterocycles. The highest BCUT2D eigenvalue weighted by Crippen LogP contribution is 2.40. The Morgan fingerprint density at radius 1 is 1.25 bits per heavy atom. The standard InChI is InChI=1S/C18H17N3O2S/c1-11(22)21-12-5-4-6-13(9-12)23-17-16-14-7-2-3-8-15(14)24-18(16)20-10-19-17/h4-6,9-10H,2-3,7-8H2,1H3,(H,21,22). The van der Waals surface area contributed by atoms with Crippen molar-refractivity contribution in [2.24, 2.45) is 0 Å². The van der Waals surface area contributed by atoms with Crippen molar-refractivity contribution in [2.75, 3.05) is 5.32 Å². The van der Waals surface area contributed by atoms with Crippen LogP contribution >= 0.6 is 11.3 Å². The first-order valence-electron chi connectivity index (χ1n) is 8.01. The lowest BCUT2D eigenvalue weighted by Crippen LogP contribution is -2.05. The molecule has 0 radical (unpaired) electrons. The first-order valence-corrected chi connectivity index (χ1v) is 8.83. The Morgan fingerprint density at radius 2 is 2.12 bits per heavy atom. The molecule has 0 atom stereocenters. The van der Waals surface area contributed by atoms with Gasteiger partial charge in [0.15, 0.2) is 0 Å². The predicted molar refractivity (Wildman–Crippen MR) is 94.9 cm³/mol. The van der Waals surface area contributed by atoms with Crippen molar-refractivity contribution >= 4 is 33.1 Å². The van der Waals surface area contributed by atoms with Crippen molar-refractivity contribution in [2.45, 2.75) is 32.6 Å². The van der Waals surface area contributed by atoms with Crippen LogP contribution in [0.3, 0.4) is 0 Å². The highest BCUT2D eigenvalue weighted by Gasteiger charge is 2.20. The maximum Gasteiger partial charge on any atom is 0.231 e. The smallest absolute Gasteiger partial charge is 0.231 e. The largest absolute Gasteiger partial charge is 0.438 e. The molecule has 1 amide bonds. The van der Waals surface area contributed by atoms with Gasteiger partial charge in [0, 0.05) is 23.6 Å². The van der Waals surface area contributed by atoms with E-state index >= 15 is 0 Å². The maximum atomic E-state index is 11.2. The number of anilines is 1. The molecule has 2 heterocycles. The monoisotopic (exact) mass is 339 g/mol. The topological polar surface area (TPSA) is 64.1 Å². The van der Waals surface area contributed by atoms with Gasteiger partial charge in [0.25, 0.3) is 0 Å². The average Bonchev–Trinajstić information content (AvgIpc) is 2.94. The van der Waals surface area contributed by atoms with E-state index in [1.165, 1.54) is 30.2 Å². The molecule has 4 rings (SSSR count). The molecule has 5 nitrogen and oxygen atoms in total. The SMILES string of the molecule is CC(=O)Nc1cccc(Oc2ncnc3sc4c(c23)CCCC4)c1. The molecule has 0 unspecified atom stereocenters. The number of carbonyl (C=O) groups is 1. The third-order valence-corrected chi connectivity index (χ3v) is 5.29. The summed E-state index contributed by atoms with van der Waals surface area (Å²) in [6, 6.07) is 7.34. The molecule has 0 bridgehead atoms. The molecule has 0 fully saturated rings. The number of nitrogens with one attached hydrogen (secondary N) is 1. The van der Waals surface area contributed by atoms with Crippen LogP contribution in [-0.2, 0) is 17.6 Å². The number of hydrogen-bond acceptors (Lipinski definition) is 5. The zero-order valence-corrected chi connectivity index (χ0v) is 14.2. The molecule has 0 spiro atoms. The number of benzene rings is 1. The summed E-state index contributed by atoms with van der Waals surface area (Å²) in [5.41, 5.74) is 2.05. The average molecular weight is 339 g/mol. The molecule has 122 valence electrons. The van der Waals surface area contributed by atoms with Gasteiger partial charge in [-0.05, 0) is 43.4 Å². The first-order chi connectivity index (χ1) is 11.7. The second-order valence-electron chi connectivity index (χ2n) is 5.88. The summed E-state index contributed by atoms with van der Waals surface area (Å²) >= 11 is 1.75. The van der Waals surface area contributed by atoms with E-state index in [2.05, 4.69) is 15.3 Å². The molecule has 0 aliphatic heterocycles. The molecule has 2 aromatic heterocycles. The second kappa shape index (κ2) is 6.20. The number of carbonyl (C=O) groups excluding carboxylic acids is 1. The van der Waals surface area contributed by atoms with E-state index in [9.17, 15) is 4.79 Å². The van der Waals surface area contributed by atoms with Gasteiger partial charge in [0.2, 0.25) is 11.8 Å². The van der Waals surface area contributed by atoms with Gasteiger partial charge in [0.05, 0.1) is 5.39 Å². The molecular weight excluding hydrogens is 322 g/mol. The van der Waals surface area contributed by atoms with Crippen molar-refractivity contribution < 1.29 is 9.53 Å². The molecule has 24 heavy (non-hydrogen) atoms. The number of amides is 1. The minimum absolute atomic E-state index is 0.108. The lowest BCUT2D eigenvalue weighted by molar-refractivity contribution is -0.114. The van der Waals surface area contributed by atoms with Crippen LogP contribution in [0.25, 0.3) is 10.2 Å². The van der Waals surface area contributed by atoms with Gasteiger partial charge < -0.3 is 10.1 Å². The summed E-state index contributed by atoms with van der Waals surface area (Å²) in [4.78, 5) is 22.4. The van der Waals surface area contributed by atoms with E-state index in [1.807, 2.05) is 18.2 Å². The van der Waals surface area contributed by atoms with Crippen LogP contribution in [0.4, 0.5) is 5.69 Å². The number of hydrogen-bond donors (Lipinski definition) is 1. The highest BCUT2D eigenvalue weighted by atomic mass is 32.1. The number of fused-ring (bicyclic) bond motifs is 3. The number of aryl methyl sites for hydroxylation is 2. The van der Waals surface area contributed by atoms with Crippen LogP contribution in [0.2, 0.25) is 0 Å². The first kappa shape index (κ1) is 15.1. The van der Waals surface area contributed by atoms with E-state index in [0.717, 1.165) is 23.1 Å². The summed E-state index contributed by atoms with van der Waals surface area (Å²) in [6.45, 7) is 1.49. The van der Waals surface area contributed by atoms with Crippen LogP contribution in [0.5, 0.6) is 11.6 Å². The molecule has 1 N–H and O–H groups in total. The quantitative estimate of drug-likeness (QED) is 0.772. The number of thiophene rings is 1. The van der Waals surface area contributed by atoms with Crippen LogP contribution < -0.4 is 10.1 Å². The molecule has 3 aromatic rings. The zero-order chi connectivity index (χ0) is 16.5. The van der Waals surface area contributed by atoms with Gasteiger partial charge in [-0.2, -0.15) is 0 Å². The molecule has 0 saturated carbocycles. The molecule has 1 aromatic carbocycles. The van der Waals surface area contributed by atoms with E-state index in [-0.39, 0.29) is 5.91 Å². The minimum atomic E-state index is -0.108. The second-order valence-corrected chi connectivity index (χ2v) is 6.96. The summed E-state index contributed by atoms with van der Waals surface area (Å²) < 4.78 is 6.04. The lowest BCUT2D eigenvalue weighted by Gasteiger charge is -2.12. The van der Waals surface area contributed by atoms with E-state index in [4.69, 9.17) is 4.74 Å². The summed E-state index contributed by atoms with van der Waals surface area (Å²) in [5, 5.41) is 3.81.